The molecule has 230 valence electrons. The number of aryl methyl sites for hydroxylation is 1. The number of ether oxygens (including phenoxy) is 1. The third-order valence-electron chi connectivity index (χ3n) is 7.12. The summed E-state index contributed by atoms with van der Waals surface area (Å²) in [6, 6.07) is 34.7. The van der Waals surface area contributed by atoms with Gasteiger partial charge in [0.05, 0.1) is 21.4 Å². The van der Waals surface area contributed by atoms with Crippen LogP contribution in [0.1, 0.15) is 22.3 Å². The molecule has 0 spiro atoms. The Balaban J connectivity index is 0.00000433. The maximum absolute atomic E-state index is 12.9. The van der Waals surface area contributed by atoms with Crippen LogP contribution in [-0.4, -0.2) is 25.4 Å². The van der Waals surface area contributed by atoms with Gasteiger partial charge in [0.25, 0.3) is 5.91 Å². The molecule has 0 saturated carbocycles. The maximum Gasteiger partial charge on any atom is 1.00 e. The molecule has 2 amide bonds. The SMILES string of the molecule is Cc1ccc(S(=O)(=O)[N-]C(=O)Cc2ccc(N=C3NC(=O)C(=Cc4cc5ccccc5cc4OCc4ccccc4)S3)cc2)cc1.[Na+]. The van der Waals surface area contributed by atoms with E-state index in [1.165, 1.54) is 23.9 Å². The second-order valence-corrected chi connectivity index (χ2v) is 13.2. The molecule has 0 aliphatic carbocycles. The number of amidine groups is 1. The number of aliphatic imine (C=N–C) groups is 1. The van der Waals surface area contributed by atoms with E-state index in [-0.39, 0.29) is 46.8 Å². The maximum atomic E-state index is 12.9. The predicted molar refractivity (Wildman–Crippen MR) is 182 cm³/mol. The van der Waals surface area contributed by atoms with Gasteiger partial charge in [-0.2, -0.15) is 0 Å². The van der Waals surface area contributed by atoms with Crippen LogP contribution in [-0.2, 0) is 32.6 Å². The number of hydrogen-bond donors (Lipinski definition) is 1. The van der Waals surface area contributed by atoms with Gasteiger partial charge in [-0.1, -0.05) is 84.4 Å². The monoisotopic (exact) mass is 669 g/mol. The Bertz CT molecular complexity index is 2100. The third kappa shape index (κ3) is 8.79. The van der Waals surface area contributed by atoms with Crippen molar-refractivity contribution in [2.45, 2.75) is 24.8 Å². The van der Waals surface area contributed by atoms with E-state index in [9.17, 15) is 18.0 Å². The van der Waals surface area contributed by atoms with Crippen LogP contribution in [0.15, 0.2) is 130 Å². The fraction of sp³-hybridized carbons (Fsp3) is 0.0833. The van der Waals surface area contributed by atoms with E-state index in [4.69, 9.17) is 4.74 Å². The van der Waals surface area contributed by atoms with E-state index in [0.717, 1.165) is 27.5 Å². The molecule has 1 heterocycles. The molecule has 11 heteroatoms. The molecule has 0 unspecified atom stereocenters. The molecule has 0 radical (unpaired) electrons. The largest absolute Gasteiger partial charge is 1.00 e. The average Bonchev–Trinajstić information content (AvgIpc) is 3.39. The van der Waals surface area contributed by atoms with Gasteiger partial charge in [-0.15, -0.1) is 0 Å². The van der Waals surface area contributed by atoms with Crippen molar-refractivity contribution in [2.24, 2.45) is 4.99 Å². The summed E-state index contributed by atoms with van der Waals surface area (Å²) >= 11 is 1.22. The normalized spacial score (nSPS) is 14.5. The van der Waals surface area contributed by atoms with Crippen molar-refractivity contribution in [3.63, 3.8) is 0 Å². The number of rotatable bonds is 9. The number of thioether (sulfide) groups is 1. The van der Waals surface area contributed by atoms with Gasteiger partial charge in [-0.3, -0.25) is 4.79 Å². The molecule has 0 atom stereocenters. The van der Waals surface area contributed by atoms with E-state index in [1.807, 2.05) is 73.7 Å². The molecular weight excluding hydrogens is 642 g/mol. The Morgan fingerprint density at radius 1 is 0.872 bits per heavy atom. The first kappa shape index (κ1) is 34.2. The molecule has 6 rings (SSSR count). The number of carbonyl (C=O) groups is 2. The van der Waals surface area contributed by atoms with Crippen molar-refractivity contribution in [3.8, 4) is 5.75 Å². The van der Waals surface area contributed by atoms with E-state index in [2.05, 4.69) is 15.0 Å². The van der Waals surface area contributed by atoms with Gasteiger partial charge >= 0.3 is 29.6 Å². The molecule has 1 N–H and O–H groups in total. The topological polar surface area (TPSA) is 116 Å². The number of fused-ring (bicyclic) bond motifs is 1. The molecular formula is C36H28N3NaO5S2. The van der Waals surface area contributed by atoms with Crippen molar-refractivity contribution < 1.29 is 52.3 Å². The summed E-state index contributed by atoms with van der Waals surface area (Å²) in [5, 5.41) is 5.28. The van der Waals surface area contributed by atoms with Crippen molar-refractivity contribution in [2.75, 3.05) is 0 Å². The molecule has 0 bridgehead atoms. The van der Waals surface area contributed by atoms with Crippen LogP contribution < -0.4 is 39.6 Å². The van der Waals surface area contributed by atoms with Gasteiger partial charge < -0.3 is 19.6 Å². The van der Waals surface area contributed by atoms with Crippen molar-refractivity contribution >= 4 is 61.3 Å². The van der Waals surface area contributed by atoms with Crippen LogP contribution in [0.5, 0.6) is 5.75 Å². The van der Waals surface area contributed by atoms with E-state index < -0.39 is 15.9 Å². The molecule has 0 aromatic heterocycles. The van der Waals surface area contributed by atoms with Gasteiger partial charge in [-0.05, 0) is 83.1 Å². The second-order valence-electron chi connectivity index (χ2n) is 10.6. The molecule has 1 aliphatic heterocycles. The molecule has 5 aromatic rings. The number of amides is 2. The summed E-state index contributed by atoms with van der Waals surface area (Å²) in [5.41, 5.74) is 3.85. The minimum absolute atomic E-state index is 0. The van der Waals surface area contributed by atoms with Gasteiger partial charge in [0.15, 0.2) is 5.17 Å². The van der Waals surface area contributed by atoms with Gasteiger partial charge in [0.2, 0.25) is 0 Å². The summed E-state index contributed by atoms with van der Waals surface area (Å²) in [7, 11) is -4.09. The van der Waals surface area contributed by atoms with Crippen molar-refractivity contribution in [1.82, 2.24) is 5.32 Å². The zero-order chi connectivity index (χ0) is 32.1. The Kier molecular flexibility index (Phi) is 11.0. The van der Waals surface area contributed by atoms with E-state index in [1.54, 1.807) is 42.5 Å². The van der Waals surface area contributed by atoms with E-state index >= 15 is 0 Å². The van der Waals surface area contributed by atoms with Gasteiger partial charge in [0.1, 0.15) is 22.4 Å². The number of nitrogens with zero attached hydrogens (tertiary/aromatic N) is 2. The molecule has 1 saturated heterocycles. The smallest absolute Gasteiger partial charge is 0.541 e. The predicted octanol–water partition coefficient (Wildman–Crippen LogP) is 4.45. The summed E-state index contributed by atoms with van der Waals surface area (Å²) in [6.45, 7) is 2.23. The number of hydrogen-bond acceptors (Lipinski definition) is 7. The first-order valence-electron chi connectivity index (χ1n) is 14.4. The quantitative estimate of drug-likeness (QED) is 0.183. The number of sulfonamides is 1. The summed E-state index contributed by atoms with van der Waals surface area (Å²) in [5.74, 6) is -0.379. The van der Waals surface area contributed by atoms with Gasteiger partial charge in [0, 0.05) is 12.0 Å². The number of carbonyl (C=O) groups excluding carboxylic acids is 2. The summed E-state index contributed by atoms with van der Waals surface area (Å²) < 4.78 is 34.6. The Hall–Kier alpha value is -4.19. The first-order chi connectivity index (χ1) is 22.2. The van der Waals surface area contributed by atoms with E-state index in [0.29, 0.717) is 33.7 Å². The van der Waals surface area contributed by atoms with Crippen molar-refractivity contribution in [1.29, 1.82) is 0 Å². The van der Waals surface area contributed by atoms with Crippen molar-refractivity contribution in [3.05, 3.63) is 147 Å². The first-order valence-corrected chi connectivity index (χ1v) is 16.6. The number of nitrogens with one attached hydrogen (secondary N) is 1. The summed E-state index contributed by atoms with van der Waals surface area (Å²) in [6.07, 6.45) is 1.62. The van der Waals surface area contributed by atoms with Crippen LogP contribution in [0.4, 0.5) is 5.69 Å². The van der Waals surface area contributed by atoms with Crippen LogP contribution in [0.2, 0.25) is 0 Å². The second kappa shape index (κ2) is 15.1. The fourth-order valence-corrected chi connectivity index (χ4v) is 6.49. The molecule has 1 aliphatic rings. The Labute approximate surface area is 299 Å². The van der Waals surface area contributed by atoms with Crippen LogP contribution >= 0.6 is 11.8 Å². The van der Waals surface area contributed by atoms with Crippen LogP contribution in [0, 0.1) is 6.92 Å². The zero-order valence-corrected chi connectivity index (χ0v) is 29.3. The standard InChI is InChI=1S/C36H29N3O5S2.Na/c1-24-11-17-31(18-12-24)46(42,43)39-34(40)19-25-13-15-30(16-14-25)37-36-38-35(41)33(45-36)22-29-20-27-9-5-6-10-28(27)21-32(29)44-23-26-7-3-2-4-8-26;/h2-18,20-22H,19,23H2,1H3,(H2,37,38,39,40,41);/q;+1/p-1. The minimum atomic E-state index is -4.09. The van der Waals surface area contributed by atoms with Crippen LogP contribution in [0.25, 0.3) is 21.6 Å². The number of benzene rings is 5. The van der Waals surface area contributed by atoms with Crippen LogP contribution in [0.3, 0.4) is 0 Å². The minimum Gasteiger partial charge on any atom is -0.541 e. The molecule has 8 nitrogen and oxygen atoms in total. The van der Waals surface area contributed by atoms with Gasteiger partial charge in [-0.25, -0.2) is 13.4 Å². The Morgan fingerprint density at radius 2 is 1.53 bits per heavy atom. The Morgan fingerprint density at radius 3 is 2.23 bits per heavy atom. The third-order valence-corrected chi connectivity index (χ3v) is 9.34. The zero-order valence-electron chi connectivity index (χ0n) is 25.7. The summed E-state index contributed by atoms with van der Waals surface area (Å²) in [4.78, 5) is 30.3. The average molecular weight is 670 g/mol. The molecule has 47 heavy (non-hydrogen) atoms. The fourth-order valence-electron chi connectivity index (χ4n) is 4.74. The molecule has 5 aromatic carbocycles. The molecule has 1 fully saturated rings.